The predicted octanol–water partition coefficient (Wildman–Crippen LogP) is 4.08. The second-order valence-corrected chi connectivity index (χ2v) is 5.00. The monoisotopic (exact) mass is 291 g/mol. The predicted molar refractivity (Wildman–Crippen MR) is 85.0 cm³/mol. The van der Waals surface area contributed by atoms with Crippen molar-refractivity contribution in [1.82, 2.24) is 0 Å². The fourth-order valence-electron chi connectivity index (χ4n) is 2.74. The Balaban J connectivity index is 2.33. The van der Waals surface area contributed by atoms with Crippen LogP contribution in [0.4, 0.5) is 5.69 Å². The highest BCUT2D eigenvalue weighted by molar-refractivity contribution is 5.93. The van der Waals surface area contributed by atoms with Crippen LogP contribution in [0.3, 0.4) is 0 Å². The molecule has 1 unspecified atom stereocenters. The van der Waals surface area contributed by atoms with Crippen LogP contribution in [-0.2, 0) is 4.79 Å². The van der Waals surface area contributed by atoms with E-state index in [0.29, 0.717) is 5.56 Å². The molecule has 0 bridgehead atoms. The Bertz CT molecular complexity index is 843. The van der Waals surface area contributed by atoms with Gasteiger partial charge in [-0.25, -0.2) is 0 Å². The lowest BCUT2D eigenvalue weighted by atomic mass is 9.87. The molecule has 0 aliphatic carbocycles. The zero-order chi connectivity index (χ0) is 15.5. The fraction of sp³-hybridized carbons (Fsp3) is 0.0556. The molecule has 0 N–H and O–H groups in total. The Labute approximate surface area is 127 Å². The first-order valence-corrected chi connectivity index (χ1v) is 6.88. The van der Waals surface area contributed by atoms with Crippen molar-refractivity contribution in [2.45, 2.75) is 5.92 Å². The van der Waals surface area contributed by atoms with Gasteiger partial charge in [0, 0.05) is 6.07 Å². The van der Waals surface area contributed by atoms with Crippen LogP contribution >= 0.6 is 0 Å². The Morgan fingerprint density at radius 3 is 2.27 bits per heavy atom. The smallest absolute Gasteiger partial charge is 0.274 e. The molecule has 0 aliphatic heterocycles. The average molecular weight is 291 g/mol. The molecule has 3 rings (SSSR count). The molecule has 3 aromatic rings. The van der Waals surface area contributed by atoms with E-state index in [0.717, 1.165) is 22.6 Å². The third-order valence-corrected chi connectivity index (χ3v) is 3.75. The van der Waals surface area contributed by atoms with Crippen LogP contribution in [0, 0.1) is 10.1 Å². The van der Waals surface area contributed by atoms with Crippen molar-refractivity contribution in [2.75, 3.05) is 0 Å². The van der Waals surface area contributed by atoms with Gasteiger partial charge < -0.3 is 4.79 Å². The van der Waals surface area contributed by atoms with Crippen molar-refractivity contribution >= 4 is 22.7 Å². The van der Waals surface area contributed by atoms with E-state index in [9.17, 15) is 14.9 Å². The molecule has 108 valence electrons. The number of nitro benzene ring substituents is 1. The second kappa shape index (κ2) is 5.77. The van der Waals surface area contributed by atoms with Gasteiger partial charge in [0.15, 0.2) is 0 Å². The molecule has 0 amide bonds. The standard InChI is InChI=1S/C18H13NO3/c20-12-16(13-6-2-1-3-7-13)18-15-9-5-4-8-14(15)10-11-17(18)19(21)22/h1-12,16H. The van der Waals surface area contributed by atoms with Crippen molar-refractivity contribution in [3.63, 3.8) is 0 Å². The van der Waals surface area contributed by atoms with Gasteiger partial charge in [0.1, 0.15) is 6.29 Å². The minimum absolute atomic E-state index is 0.0281. The normalized spacial score (nSPS) is 12.0. The van der Waals surface area contributed by atoms with Gasteiger partial charge in [0.05, 0.1) is 16.4 Å². The van der Waals surface area contributed by atoms with Gasteiger partial charge in [0.2, 0.25) is 0 Å². The van der Waals surface area contributed by atoms with Gasteiger partial charge >= 0.3 is 0 Å². The third-order valence-electron chi connectivity index (χ3n) is 3.75. The van der Waals surface area contributed by atoms with E-state index in [4.69, 9.17) is 0 Å². The fourth-order valence-corrected chi connectivity index (χ4v) is 2.74. The minimum atomic E-state index is -0.660. The summed E-state index contributed by atoms with van der Waals surface area (Å²) in [5.41, 5.74) is 1.17. The molecule has 4 nitrogen and oxygen atoms in total. The number of nitrogens with zero attached hydrogens (tertiary/aromatic N) is 1. The van der Waals surface area contributed by atoms with E-state index in [2.05, 4.69) is 0 Å². The van der Waals surface area contributed by atoms with Crippen LogP contribution in [0.2, 0.25) is 0 Å². The molecule has 0 radical (unpaired) electrons. The van der Waals surface area contributed by atoms with Crippen LogP contribution in [-0.4, -0.2) is 11.2 Å². The summed E-state index contributed by atoms with van der Waals surface area (Å²) in [6.45, 7) is 0. The van der Waals surface area contributed by atoms with Crippen molar-refractivity contribution < 1.29 is 9.72 Å². The van der Waals surface area contributed by atoms with Crippen molar-refractivity contribution in [3.8, 4) is 0 Å². The molecule has 0 aromatic heterocycles. The maximum Gasteiger partial charge on any atom is 0.274 e. The summed E-state index contributed by atoms with van der Waals surface area (Å²) >= 11 is 0. The molecule has 22 heavy (non-hydrogen) atoms. The summed E-state index contributed by atoms with van der Waals surface area (Å²) in [5.74, 6) is -0.660. The largest absolute Gasteiger partial charge is 0.302 e. The van der Waals surface area contributed by atoms with Crippen molar-refractivity contribution in [2.24, 2.45) is 0 Å². The van der Waals surface area contributed by atoms with Crippen LogP contribution in [0.15, 0.2) is 66.7 Å². The highest BCUT2D eigenvalue weighted by atomic mass is 16.6. The van der Waals surface area contributed by atoms with Gasteiger partial charge in [-0.2, -0.15) is 0 Å². The number of hydrogen-bond donors (Lipinski definition) is 0. The third kappa shape index (κ3) is 2.35. The Kier molecular flexibility index (Phi) is 3.66. The highest BCUT2D eigenvalue weighted by Gasteiger charge is 2.25. The zero-order valence-corrected chi connectivity index (χ0v) is 11.7. The summed E-state index contributed by atoms with van der Waals surface area (Å²) in [4.78, 5) is 22.7. The topological polar surface area (TPSA) is 60.2 Å². The number of aldehydes is 1. The summed E-state index contributed by atoms with van der Waals surface area (Å²) < 4.78 is 0. The van der Waals surface area contributed by atoms with Gasteiger partial charge in [-0.15, -0.1) is 0 Å². The number of rotatable bonds is 4. The first-order valence-electron chi connectivity index (χ1n) is 6.88. The number of benzene rings is 3. The second-order valence-electron chi connectivity index (χ2n) is 5.00. The van der Waals surface area contributed by atoms with Crippen LogP contribution < -0.4 is 0 Å². The van der Waals surface area contributed by atoms with E-state index in [1.54, 1.807) is 6.07 Å². The number of nitro groups is 1. The molecular weight excluding hydrogens is 278 g/mol. The first kappa shape index (κ1) is 13.9. The lowest BCUT2D eigenvalue weighted by Crippen LogP contribution is -2.07. The summed E-state index contributed by atoms with van der Waals surface area (Å²) in [6, 6.07) is 19.7. The Morgan fingerprint density at radius 2 is 1.59 bits per heavy atom. The molecule has 0 saturated heterocycles. The SMILES string of the molecule is O=CC(c1ccccc1)c1c([N+](=O)[O-])ccc2ccccc12. The quantitative estimate of drug-likeness (QED) is 0.413. The Morgan fingerprint density at radius 1 is 0.909 bits per heavy atom. The van der Waals surface area contributed by atoms with Gasteiger partial charge in [-0.05, 0) is 22.4 Å². The zero-order valence-electron chi connectivity index (χ0n) is 11.7. The van der Waals surface area contributed by atoms with E-state index < -0.39 is 10.8 Å². The van der Waals surface area contributed by atoms with Crippen LogP contribution in [0.1, 0.15) is 17.0 Å². The van der Waals surface area contributed by atoms with E-state index >= 15 is 0 Å². The molecule has 0 saturated carbocycles. The van der Waals surface area contributed by atoms with E-state index in [1.807, 2.05) is 54.6 Å². The van der Waals surface area contributed by atoms with Gasteiger partial charge in [-0.3, -0.25) is 10.1 Å². The van der Waals surface area contributed by atoms with Crippen LogP contribution in [0.25, 0.3) is 10.8 Å². The van der Waals surface area contributed by atoms with Crippen molar-refractivity contribution in [1.29, 1.82) is 0 Å². The maximum atomic E-state index is 11.7. The summed E-state index contributed by atoms with van der Waals surface area (Å²) in [7, 11) is 0. The molecule has 3 aromatic carbocycles. The van der Waals surface area contributed by atoms with E-state index in [1.165, 1.54) is 6.07 Å². The van der Waals surface area contributed by atoms with Crippen molar-refractivity contribution in [3.05, 3.63) is 88.0 Å². The number of carbonyl (C=O) groups excluding carboxylic acids is 1. The number of hydrogen-bond acceptors (Lipinski definition) is 3. The van der Waals surface area contributed by atoms with E-state index in [-0.39, 0.29) is 5.69 Å². The molecule has 0 fully saturated rings. The maximum absolute atomic E-state index is 11.7. The van der Waals surface area contributed by atoms with Crippen LogP contribution in [0.5, 0.6) is 0 Å². The van der Waals surface area contributed by atoms with Gasteiger partial charge in [0.25, 0.3) is 5.69 Å². The molecule has 0 spiro atoms. The lowest BCUT2D eigenvalue weighted by molar-refractivity contribution is -0.385. The first-order chi connectivity index (χ1) is 10.7. The highest BCUT2D eigenvalue weighted by Crippen LogP contribution is 2.36. The van der Waals surface area contributed by atoms with Gasteiger partial charge in [-0.1, -0.05) is 54.6 Å². The minimum Gasteiger partial charge on any atom is -0.302 e. The summed E-state index contributed by atoms with van der Waals surface area (Å²) in [6.07, 6.45) is 0.768. The Hall–Kier alpha value is -3.01. The average Bonchev–Trinajstić information content (AvgIpc) is 2.56. The molecule has 0 heterocycles. The lowest BCUT2D eigenvalue weighted by Gasteiger charge is -2.14. The number of carbonyl (C=O) groups is 1. The number of fused-ring (bicyclic) bond motifs is 1. The molecular formula is C18H13NO3. The molecule has 0 aliphatic rings. The summed E-state index contributed by atoms with van der Waals surface area (Å²) in [5, 5.41) is 13.0. The molecule has 4 heteroatoms. The molecule has 1 atom stereocenters.